The topological polar surface area (TPSA) is 93.5 Å². The Balaban J connectivity index is 1.92. The van der Waals surface area contributed by atoms with Crippen molar-refractivity contribution in [2.75, 3.05) is 0 Å². The minimum atomic E-state index is -0.704. The van der Waals surface area contributed by atoms with Crippen LogP contribution in [0, 0.1) is 0 Å². The first-order valence-electron chi connectivity index (χ1n) is 7.01. The molecule has 0 spiro atoms. The smallest absolute Gasteiger partial charge is 0.252 e. The third-order valence-electron chi connectivity index (χ3n) is 3.70. The lowest BCUT2D eigenvalue weighted by molar-refractivity contribution is -0.114. The van der Waals surface area contributed by atoms with E-state index in [1.54, 1.807) is 24.3 Å². The summed E-state index contributed by atoms with van der Waals surface area (Å²) in [5.41, 5.74) is 6.67. The summed E-state index contributed by atoms with van der Waals surface area (Å²) in [5.74, 6) is 0.429. The number of benzene rings is 1. The SMILES string of the molecule is NC(=O)c1cc(-c2ccc(/C=C3\CCCC3=O)o2)ccc1O. The fraction of sp³-hybridized carbons (Fsp3) is 0.176. The molecule has 22 heavy (non-hydrogen) atoms. The molecule has 0 bridgehead atoms. The van der Waals surface area contributed by atoms with Crippen LogP contribution >= 0.6 is 0 Å². The van der Waals surface area contributed by atoms with Crippen molar-refractivity contribution in [1.29, 1.82) is 0 Å². The molecule has 0 unspecified atom stereocenters. The molecule has 0 atom stereocenters. The maximum Gasteiger partial charge on any atom is 0.252 e. The van der Waals surface area contributed by atoms with Gasteiger partial charge in [0.05, 0.1) is 5.56 Å². The van der Waals surface area contributed by atoms with Crippen LogP contribution < -0.4 is 5.73 Å². The van der Waals surface area contributed by atoms with Crippen molar-refractivity contribution in [3.63, 3.8) is 0 Å². The van der Waals surface area contributed by atoms with E-state index in [-0.39, 0.29) is 17.1 Å². The van der Waals surface area contributed by atoms with Crippen LogP contribution in [0.15, 0.2) is 40.3 Å². The summed E-state index contributed by atoms with van der Waals surface area (Å²) in [6.45, 7) is 0. The van der Waals surface area contributed by atoms with Crippen molar-refractivity contribution in [3.05, 3.63) is 47.2 Å². The second-order valence-electron chi connectivity index (χ2n) is 5.24. The van der Waals surface area contributed by atoms with Crippen LogP contribution in [0.5, 0.6) is 5.75 Å². The van der Waals surface area contributed by atoms with E-state index in [9.17, 15) is 14.7 Å². The molecule has 3 N–H and O–H groups in total. The van der Waals surface area contributed by atoms with Crippen molar-refractivity contribution >= 4 is 17.8 Å². The molecule has 5 nitrogen and oxygen atoms in total. The molecule has 1 amide bonds. The predicted molar refractivity (Wildman–Crippen MR) is 81.2 cm³/mol. The Morgan fingerprint density at radius 1 is 1.23 bits per heavy atom. The second kappa shape index (κ2) is 5.52. The minimum Gasteiger partial charge on any atom is -0.507 e. The Morgan fingerprint density at radius 3 is 2.73 bits per heavy atom. The quantitative estimate of drug-likeness (QED) is 0.852. The van der Waals surface area contributed by atoms with E-state index in [1.165, 1.54) is 12.1 Å². The monoisotopic (exact) mass is 297 g/mol. The van der Waals surface area contributed by atoms with Crippen LogP contribution in [-0.2, 0) is 4.79 Å². The first-order valence-corrected chi connectivity index (χ1v) is 7.01. The number of carbonyl (C=O) groups excluding carboxylic acids is 2. The minimum absolute atomic E-state index is 0.0415. The van der Waals surface area contributed by atoms with Gasteiger partial charge in [0, 0.05) is 12.0 Å². The summed E-state index contributed by atoms with van der Waals surface area (Å²) in [5, 5.41) is 9.60. The Hall–Kier alpha value is -2.82. The van der Waals surface area contributed by atoms with Gasteiger partial charge in [-0.05, 0) is 54.8 Å². The molecule has 112 valence electrons. The van der Waals surface area contributed by atoms with E-state index in [2.05, 4.69) is 0 Å². The number of primary amides is 1. The van der Waals surface area contributed by atoms with E-state index in [0.717, 1.165) is 18.4 Å². The third kappa shape index (κ3) is 2.65. The lowest BCUT2D eigenvalue weighted by Crippen LogP contribution is -2.11. The molecule has 3 rings (SSSR count). The molecule has 1 fully saturated rings. The van der Waals surface area contributed by atoms with Gasteiger partial charge in [0.2, 0.25) is 0 Å². The van der Waals surface area contributed by atoms with Gasteiger partial charge < -0.3 is 15.3 Å². The molecule has 1 aromatic heterocycles. The number of Topliss-reactive ketones (excluding diaryl/α,β-unsaturated/α-hetero) is 1. The summed E-state index contributed by atoms with van der Waals surface area (Å²) in [4.78, 5) is 22.9. The number of hydrogen-bond donors (Lipinski definition) is 2. The van der Waals surface area contributed by atoms with E-state index in [0.29, 0.717) is 23.5 Å². The summed E-state index contributed by atoms with van der Waals surface area (Å²) >= 11 is 0. The molecule has 5 heteroatoms. The van der Waals surface area contributed by atoms with Crippen LogP contribution in [0.2, 0.25) is 0 Å². The van der Waals surface area contributed by atoms with Crippen molar-refractivity contribution in [2.45, 2.75) is 19.3 Å². The van der Waals surface area contributed by atoms with Gasteiger partial charge in [-0.2, -0.15) is 0 Å². The zero-order valence-corrected chi connectivity index (χ0v) is 11.8. The average Bonchev–Trinajstić information content (AvgIpc) is 3.10. The standard InChI is InChI=1S/C17H15NO4/c18-17(21)13-9-11(4-6-15(13)20)16-7-5-12(22-16)8-10-2-1-3-14(10)19/h4-9,20H,1-3H2,(H2,18,21)/b10-8+. The molecule has 2 aromatic rings. The van der Waals surface area contributed by atoms with Gasteiger partial charge in [-0.25, -0.2) is 0 Å². The van der Waals surface area contributed by atoms with Crippen LogP contribution in [-0.4, -0.2) is 16.8 Å². The van der Waals surface area contributed by atoms with Gasteiger partial charge in [0.1, 0.15) is 17.3 Å². The van der Waals surface area contributed by atoms with Gasteiger partial charge in [-0.3, -0.25) is 9.59 Å². The first kappa shape index (κ1) is 14.1. The van der Waals surface area contributed by atoms with Gasteiger partial charge >= 0.3 is 0 Å². The molecule has 1 aliphatic carbocycles. The molecule has 0 saturated heterocycles. The fourth-order valence-electron chi connectivity index (χ4n) is 2.54. The van der Waals surface area contributed by atoms with Gasteiger partial charge in [-0.1, -0.05) is 0 Å². The summed E-state index contributed by atoms with van der Waals surface area (Å²) in [6.07, 6.45) is 4.02. The molecular formula is C17H15NO4. The van der Waals surface area contributed by atoms with Crippen molar-refractivity contribution in [3.8, 4) is 17.1 Å². The normalized spacial score (nSPS) is 16.4. The zero-order valence-electron chi connectivity index (χ0n) is 11.8. The number of aromatic hydroxyl groups is 1. The molecule has 0 radical (unpaired) electrons. The van der Waals surface area contributed by atoms with E-state index < -0.39 is 5.91 Å². The van der Waals surface area contributed by atoms with Gasteiger partial charge in [-0.15, -0.1) is 0 Å². The highest BCUT2D eigenvalue weighted by atomic mass is 16.3. The molecule has 1 aromatic carbocycles. The number of ketones is 1. The highest BCUT2D eigenvalue weighted by molar-refractivity contribution is 6.01. The Bertz CT molecular complexity index is 786. The fourth-order valence-corrected chi connectivity index (χ4v) is 2.54. The number of allylic oxidation sites excluding steroid dienone is 1. The van der Waals surface area contributed by atoms with Crippen molar-refractivity contribution < 1.29 is 19.1 Å². The van der Waals surface area contributed by atoms with E-state index in [1.807, 2.05) is 0 Å². The molecule has 0 aliphatic heterocycles. The lowest BCUT2D eigenvalue weighted by Gasteiger charge is -2.03. The summed E-state index contributed by atoms with van der Waals surface area (Å²) < 4.78 is 5.69. The third-order valence-corrected chi connectivity index (χ3v) is 3.70. The van der Waals surface area contributed by atoms with Gasteiger partial charge in [0.15, 0.2) is 5.78 Å². The highest BCUT2D eigenvalue weighted by Crippen LogP contribution is 2.29. The van der Waals surface area contributed by atoms with Gasteiger partial charge in [0.25, 0.3) is 5.91 Å². The van der Waals surface area contributed by atoms with Crippen LogP contribution in [0.4, 0.5) is 0 Å². The van der Waals surface area contributed by atoms with Crippen LogP contribution in [0.1, 0.15) is 35.4 Å². The number of carbonyl (C=O) groups is 2. The number of nitrogens with two attached hydrogens (primary N) is 1. The van der Waals surface area contributed by atoms with Crippen molar-refractivity contribution in [2.24, 2.45) is 5.73 Å². The van der Waals surface area contributed by atoms with Crippen molar-refractivity contribution in [1.82, 2.24) is 0 Å². The van der Waals surface area contributed by atoms with E-state index in [4.69, 9.17) is 10.2 Å². The molecule has 1 heterocycles. The highest BCUT2D eigenvalue weighted by Gasteiger charge is 2.17. The van der Waals surface area contributed by atoms with Crippen LogP contribution in [0.25, 0.3) is 17.4 Å². The lowest BCUT2D eigenvalue weighted by atomic mass is 10.1. The number of amides is 1. The maximum atomic E-state index is 11.6. The Morgan fingerprint density at radius 2 is 2.05 bits per heavy atom. The first-order chi connectivity index (χ1) is 10.5. The van der Waals surface area contributed by atoms with Crippen LogP contribution in [0.3, 0.4) is 0 Å². The average molecular weight is 297 g/mol. The Kier molecular flexibility index (Phi) is 3.55. The predicted octanol–water partition coefficient (Wildman–Crippen LogP) is 2.89. The number of hydrogen-bond acceptors (Lipinski definition) is 4. The number of rotatable bonds is 3. The summed E-state index contributed by atoms with van der Waals surface area (Å²) in [7, 11) is 0. The molecular weight excluding hydrogens is 282 g/mol. The Labute approximate surface area is 127 Å². The second-order valence-corrected chi connectivity index (χ2v) is 5.24. The molecule has 1 aliphatic rings. The number of phenols is 1. The van der Waals surface area contributed by atoms with E-state index >= 15 is 0 Å². The summed E-state index contributed by atoms with van der Waals surface area (Å²) in [6, 6.07) is 8.04. The largest absolute Gasteiger partial charge is 0.507 e. The molecule has 1 saturated carbocycles. The maximum absolute atomic E-state index is 11.6. The number of furan rings is 1. The zero-order chi connectivity index (χ0) is 15.7.